The smallest absolute Gasteiger partial charge is 0.273 e. The zero-order valence-corrected chi connectivity index (χ0v) is 18.1. The summed E-state index contributed by atoms with van der Waals surface area (Å²) in [6, 6.07) is 6.09. The first-order valence-corrected chi connectivity index (χ1v) is 11.1. The molecule has 8 nitrogen and oxygen atoms in total. The van der Waals surface area contributed by atoms with Gasteiger partial charge < -0.3 is 10.7 Å². The van der Waals surface area contributed by atoms with E-state index in [9.17, 15) is 22.8 Å². The average Bonchev–Trinajstić information content (AvgIpc) is 3.01. The van der Waals surface area contributed by atoms with Crippen molar-refractivity contribution in [1.82, 2.24) is 10.7 Å². The summed E-state index contributed by atoms with van der Waals surface area (Å²) in [6.45, 7) is 5.35. The predicted octanol–water partition coefficient (Wildman–Crippen LogP) is 1.73. The Balaban J connectivity index is 1.98. The number of benzene rings is 1. The Morgan fingerprint density at radius 1 is 1.13 bits per heavy atom. The highest BCUT2D eigenvalue weighted by Crippen LogP contribution is 2.27. The number of carbonyl (C=O) groups excluding carboxylic acids is 3. The lowest BCUT2D eigenvalue weighted by Crippen LogP contribution is -2.44. The second-order valence-corrected chi connectivity index (χ2v) is 10.4. The summed E-state index contributed by atoms with van der Waals surface area (Å²) in [5, 5.41) is 4.60. The Labute approximate surface area is 179 Å². The van der Waals surface area contributed by atoms with Gasteiger partial charge in [-0.25, -0.2) is 8.42 Å². The molecule has 1 atom stereocenters. The quantitative estimate of drug-likeness (QED) is 0.410. The van der Waals surface area contributed by atoms with Crippen LogP contribution in [0, 0.1) is 0 Å². The van der Waals surface area contributed by atoms with Crippen LogP contribution in [0.5, 0.6) is 0 Å². The van der Waals surface area contributed by atoms with Gasteiger partial charge >= 0.3 is 0 Å². The highest BCUT2D eigenvalue weighted by atomic mass is 35.5. The van der Waals surface area contributed by atoms with Gasteiger partial charge in [-0.05, 0) is 20.8 Å². The molecular formula is C20H20ClN3O5S. The van der Waals surface area contributed by atoms with Crippen LogP contribution in [0.4, 0.5) is 0 Å². The lowest BCUT2D eigenvalue weighted by Gasteiger charge is -2.22. The van der Waals surface area contributed by atoms with E-state index in [-0.39, 0.29) is 22.6 Å². The van der Waals surface area contributed by atoms with Crippen molar-refractivity contribution in [3.8, 4) is 0 Å². The average molecular weight is 450 g/mol. The van der Waals surface area contributed by atoms with E-state index in [0.717, 1.165) is 0 Å². The molecule has 0 fully saturated rings. The van der Waals surface area contributed by atoms with Crippen molar-refractivity contribution in [2.45, 2.75) is 31.6 Å². The summed E-state index contributed by atoms with van der Waals surface area (Å²) in [6.07, 6.45) is 2.79. The van der Waals surface area contributed by atoms with Gasteiger partial charge in [-0.1, -0.05) is 48.0 Å². The molecule has 0 bridgehead atoms. The molecule has 3 rings (SSSR count). The summed E-state index contributed by atoms with van der Waals surface area (Å²) >= 11 is 6.08. The molecule has 2 aliphatic rings. The molecule has 0 aromatic heterocycles. The first-order valence-electron chi connectivity index (χ1n) is 9.05. The number of allylic oxidation sites excluding steroid dienone is 2. The zero-order chi connectivity index (χ0) is 22.3. The molecule has 0 saturated heterocycles. The number of hydrazone groups is 1. The molecule has 1 aromatic rings. The van der Waals surface area contributed by atoms with E-state index in [1.54, 1.807) is 32.9 Å². The van der Waals surface area contributed by atoms with E-state index in [1.165, 1.54) is 24.3 Å². The van der Waals surface area contributed by atoms with Gasteiger partial charge in [-0.3, -0.25) is 14.4 Å². The minimum absolute atomic E-state index is 0.0990. The maximum absolute atomic E-state index is 13.0. The third kappa shape index (κ3) is 4.22. The van der Waals surface area contributed by atoms with Crippen LogP contribution in [0.15, 0.2) is 52.2 Å². The number of carbonyl (C=O) groups is 3. The van der Waals surface area contributed by atoms with Gasteiger partial charge in [0.2, 0.25) is 11.6 Å². The Kier molecular flexibility index (Phi) is 5.70. The molecule has 2 N–H and O–H groups in total. The van der Waals surface area contributed by atoms with Crippen molar-refractivity contribution in [1.29, 1.82) is 0 Å². The van der Waals surface area contributed by atoms with E-state index in [0.29, 0.717) is 0 Å². The highest BCUT2D eigenvalue weighted by molar-refractivity contribution is 7.93. The number of sulfone groups is 1. The van der Waals surface area contributed by atoms with E-state index in [2.05, 4.69) is 15.8 Å². The lowest BCUT2D eigenvalue weighted by atomic mass is 9.92. The van der Waals surface area contributed by atoms with Crippen molar-refractivity contribution in [3.05, 3.63) is 58.3 Å². The fourth-order valence-corrected chi connectivity index (χ4v) is 4.58. The number of fused-ring (bicyclic) bond motifs is 1. The van der Waals surface area contributed by atoms with E-state index in [4.69, 9.17) is 11.6 Å². The Bertz CT molecular complexity index is 1140. The maximum atomic E-state index is 13.0. The third-order valence-electron chi connectivity index (χ3n) is 4.34. The molecule has 1 amide bonds. The number of Topliss-reactive ketones (excluding diaryl/α,β-unsaturated/α-hetero) is 2. The van der Waals surface area contributed by atoms with Gasteiger partial charge in [0, 0.05) is 16.7 Å². The number of rotatable bonds is 4. The zero-order valence-electron chi connectivity index (χ0n) is 16.5. The molecule has 1 aromatic carbocycles. The fraction of sp³-hybridized carbons (Fsp3) is 0.300. The van der Waals surface area contributed by atoms with E-state index in [1.807, 2.05) is 0 Å². The minimum Gasteiger partial charge on any atom is -0.316 e. The molecule has 30 heavy (non-hydrogen) atoms. The van der Waals surface area contributed by atoms with Crippen LogP contribution in [0.3, 0.4) is 0 Å². The standard InChI is InChI=1S/C20H20ClN3O5S/c1-20(2,3)24-23-15(13-9-6-10-30(13,28)29)19(27)22-16-14(21)17(25)11-7-4-5-8-12(11)18(16)26/h4-9,13,24H,10H2,1-3H3,(H,22,27). The monoisotopic (exact) mass is 449 g/mol. The lowest BCUT2D eigenvalue weighted by molar-refractivity contribution is -0.114. The molecule has 1 heterocycles. The topological polar surface area (TPSA) is 122 Å². The first-order chi connectivity index (χ1) is 13.9. The van der Waals surface area contributed by atoms with Crippen molar-refractivity contribution in [3.63, 3.8) is 0 Å². The van der Waals surface area contributed by atoms with Gasteiger partial charge in [-0.15, -0.1) is 0 Å². The normalized spacial score (nSPS) is 20.9. The van der Waals surface area contributed by atoms with Gasteiger partial charge in [-0.2, -0.15) is 5.10 Å². The molecule has 158 valence electrons. The largest absolute Gasteiger partial charge is 0.316 e. The molecule has 10 heteroatoms. The van der Waals surface area contributed by atoms with E-state index < -0.39 is 48.8 Å². The summed E-state index contributed by atoms with van der Waals surface area (Å²) in [4.78, 5) is 38.3. The van der Waals surface area contributed by atoms with Crippen LogP contribution < -0.4 is 10.7 Å². The summed E-state index contributed by atoms with van der Waals surface area (Å²) in [5.41, 5.74) is 1.65. The fourth-order valence-electron chi connectivity index (χ4n) is 2.90. The summed E-state index contributed by atoms with van der Waals surface area (Å²) < 4.78 is 24.7. The van der Waals surface area contributed by atoms with Gasteiger partial charge in [0.25, 0.3) is 5.91 Å². The van der Waals surface area contributed by atoms with Crippen LogP contribution in [-0.2, 0) is 14.6 Å². The highest BCUT2D eigenvalue weighted by Gasteiger charge is 2.38. The number of halogens is 1. The third-order valence-corrected chi connectivity index (χ3v) is 6.51. The number of amides is 1. The molecule has 1 unspecified atom stereocenters. The SMILES string of the molecule is CC(C)(C)NN=C(C(=O)NC1=C(Cl)C(=O)c2ccccc2C1=O)C1C=CCS1(=O)=O. The molecule has 0 saturated carbocycles. The Hall–Kier alpha value is -2.78. The molecule has 1 aliphatic carbocycles. The molecule has 0 radical (unpaired) electrons. The van der Waals surface area contributed by atoms with Crippen molar-refractivity contribution < 1.29 is 22.8 Å². The predicted molar refractivity (Wildman–Crippen MR) is 113 cm³/mol. The summed E-state index contributed by atoms with van der Waals surface area (Å²) in [7, 11) is -3.67. The number of hydrogen-bond acceptors (Lipinski definition) is 7. The second kappa shape index (κ2) is 7.81. The van der Waals surface area contributed by atoms with Crippen LogP contribution >= 0.6 is 11.6 Å². The van der Waals surface area contributed by atoms with Gasteiger partial charge in [0.15, 0.2) is 9.84 Å². The van der Waals surface area contributed by atoms with Crippen LogP contribution in [0.25, 0.3) is 0 Å². The molecule has 1 aliphatic heterocycles. The number of nitrogens with one attached hydrogen (secondary N) is 2. The van der Waals surface area contributed by atoms with E-state index >= 15 is 0 Å². The van der Waals surface area contributed by atoms with Crippen LogP contribution in [0.1, 0.15) is 41.5 Å². The Morgan fingerprint density at radius 2 is 1.73 bits per heavy atom. The number of nitrogens with zero attached hydrogens (tertiary/aromatic N) is 1. The van der Waals surface area contributed by atoms with Gasteiger partial charge in [0.1, 0.15) is 21.7 Å². The second-order valence-electron chi connectivity index (χ2n) is 7.88. The van der Waals surface area contributed by atoms with Crippen LogP contribution in [0.2, 0.25) is 0 Å². The van der Waals surface area contributed by atoms with Crippen LogP contribution in [-0.4, -0.2) is 48.1 Å². The van der Waals surface area contributed by atoms with Crippen molar-refractivity contribution in [2.24, 2.45) is 5.10 Å². The number of hydrogen-bond donors (Lipinski definition) is 2. The number of ketones is 2. The maximum Gasteiger partial charge on any atom is 0.273 e. The molecule has 0 spiro atoms. The first kappa shape index (κ1) is 21.9. The summed E-state index contributed by atoms with van der Waals surface area (Å²) in [5.74, 6) is -2.42. The Morgan fingerprint density at radius 3 is 2.27 bits per heavy atom. The molecular weight excluding hydrogens is 430 g/mol. The minimum atomic E-state index is -3.67. The van der Waals surface area contributed by atoms with Crippen molar-refractivity contribution in [2.75, 3.05) is 5.75 Å². The van der Waals surface area contributed by atoms with Gasteiger partial charge in [0.05, 0.1) is 5.75 Å². The van der Waals surface area contributed by atoms with Crippen molar-refractivity contribution >= 4 is 44.6 Å².